The first-order valence-electron chi connectivity index (χ1n) is 6.58. The fourth-order valence-corrected chi connectivity index (χ4v) is 2.34. The third-order valence-corrected chi connectivity index (χ3v) is 3.46. The van der Waals surface area contributed by atoms with Gasteiger partial charge in [-0.2, -0.15) is 0 Å². The summed E-state index contributed by atoms with van der Waals surface area (Å²) in [5.41, 5.74) is 0.830. The normalized spacial score (nSPS) is 11.8. The fraction of sp³-hybridized carbons (Fsp3) is 0.250. The lowest BCUT2D eigenvalue weighted by atomic mass is 10.3. The molecule has 0 aliphatic rings. The Kier molecular flexibility index (Phi) is 5.59. The number of methoxy groups -OCH3 is 1. The first kappa shape index (κ1) is 15.8. The Morgan fingerprint density at radius 2 is 1.81 bits per heavy atom. The molecule has 21 heavy (non-hydrogen) atoms. The van der Waals surface area contributed by atoms with Crippen LogP contribution >= 0.6 is 23.2 Å². The molecule has 0 saturated heterocycles. The van der Waals surface area contributed by atoms with Crippen molar-refractivity contribution in [2.75, 3.05) is 19.0 Å². The van der Waals surface area contributed by atoms with Crippen molar-refractivity contribution < 1.29 is 9.47 Å². The molecule has 2 aromatic carbocycles. The van der Waals surface area contributed by atoms with Crippen molar-refractivity contribution in [2.45, 2.75) is 13.0 Å². The summed E-state index contributed by atoms with van der Waals surface area (Å²) in [6, 6.07) is 12.9. The number of halogens is 2. The monoisotopic (exact) mass is 325 g/mol. The summed E-state index contributed by atoms with van der Waals surface area (Å²) in [6.45, 7) is 2.59. The van der Waals surface area contributed by atoms with Crippen LogP contribution in [0.1, 0.15) is 6.92 Å². The molecule has 0 amide bonds. The molecule has 0 aliphatic carbocycles. The second kappa shape index (κ2) is 7.43. The first-order chi connectivity index (χ1) is 10.1. The van der Waals surface area contributed by atoms with Gasteiger partial charge in [0, 0.05) is 5.02 Å². The third-order valence-electron chi connectivity index (χ3n) is 2.91. The van der Waals surface area contributed by atoms with Gasteiger partial charge in [-0.3, -0.25) is 0 Å². The second-order valence-corrected chi connectivity index (χ2v) is 5.43. The van der Waals surface area contributed by atoms with E-state index in [0.717, 1.165) is 11.4 Å². The Hall–Kier alpha value is -1.58. The van der Waals surface area contributed by atoms with E-state index >= 15 is 0 Å². The quantitative estimate of drug-likeness (QED) is 0.820. The predicted molar refractivity (Wildman–Crippen MR) is 88.0 cm³/mol. The molecule has 0 heterocycles. The van der Waals surface area contributed by atoms with Crippen LogP contribution in [0.4, 0.5) is 5.69 Å². The lowest BCUT2D eigenvalue weighted by Crippen LogP contribution is -2.23. The molecule has 2 rings (SSSR count). The van der Waals surface area contributed by atoms with E-state index < -0.39 is 0 Å². The van der Waals surface area contributed by atoms with Crippen molar-refractivity contribution in [2.24, 2.45) is 0 Å². The van der Waals surface area contributed by atoms with Gasteiger partial charge in [0.1, 0.15) is 6.10 Å². The molecule has 0 aliphatic heterocycles. The standard InChI is InChI=1S/C16H17Cl2NO2/c1-11(21-16-6-4-3-5-15(16)20-2)10-19-14-8-7-12(17)9-13(14)18/h3-9,11,19H,10H2,1-2H3. The van der Waals surface area contributed by atoms with Crippen molar-refractivity contribution in [3.63, 3.8) is 0 Å². The SMILES string of the molecule is COc1ccccc1OC(C)CNc1ccc(Cl)cc1Cl. The van der Waals surface area contributed by atoms with E-state index in [2.05, 4.69) is 5.32 Å². The molecule has 112 valence electrons. The highest BCUT2D eigenvalue weighted by Gasteiger charge is 2.09. The molecule has 5 heteroatoms. The first-order valence-corrected chi connectivity index (χ1v) is 7.34. The lowest BCUT2D eigenvalue weighted by Gasteiger charge is -2.18. The summed E-state index contributed by atoms with van der Waals surface area (Å²) < 4.78 is 11.1. The zero-order chi connectivity index (χ0) is 15.2. The van der Waals surface area contributed by atoms with E-state index in [1.807, 2.05) is 37.3 Å². The Labute approximate surface area is 134 Å². The molecular formula is C16H17Cl2NO2. The van der Waals surface area contributed by atoms with Gasteiger partial charge in [-0.05, 0) is 37.3 Å². The van der Waals surface area contributed by atoms with Crippen LogP contribution in [0.25, 0.3) is 0 Å². The number of ether oxygens (including phenoxy) is 2. The van der Waals surface area contributed by atoms with Crippen molar-refractivity contribution >= 4 is 28.9 Å². The molecule has 2 aromatic rings. The Balaban J connectivity index is 1.94. The Morgan fingerprint density at radius 3 is 2.48 bits per heavy atom. The number of para-hydroxylation sites is 2. The average Bonchev–Trinajstić information content (AvgIpc) is 2.47. The molecule has 0 spiro atoms. The van der Waals surface area contributed by atoms with Crippen LogP contribution in [0.2, 0.25) is 10.0 Å². The lowest BCUT2D eigenvalue weighted by molar-refractivity contribution is 0.223. The molecule has 0 radical (unpaired) electrons. The summed E-state index contributed by atoms with van der Waals surface area (Å²) in [5, 5.41) is 4.45. The average molecular weight is 326 g/mol. The van der Waals surface area contributed by atoms with Gasteiger partial charge in [-0.25, -0.2) is 0 Å². The molecule has 3 nitrogen and oxygen atoms in total. The van der Waals surface area contributed by atoms with Crippen molar-refractivity contribution in [3.8, 4) is 11.5 Å². The van der Waals surface area contributed by atoms with E-state index in [9.17, 15) is 0 Å². The predicted octanol–water partition coefficient (Wildman–Crippen LogP) is 4.88. The summed E-state index contributed by atoms with van der Waals surface area (Å²) in [4.78, 5) is 0. The van der Waals surface area contributed by atoms with Gasteiger partial charge in [-0.15, -0.1) is 0 Å². The highest BCUT2D eigenvalue weighted by molar-refractivity contribution is 6.36. The van der Waals surface area contributed by atoms with Gasteiger partial charge >= 0.3 is 0 Å². The number of anilines is 1. The largest absolute Gasteiger partial charge is 0.493 e. The van der Waals surface area contributed by atoms with Gasteiger partial charge in [0.2, 0.25) is 0 Å². The van der Waals surface area contributed by atoms with Crippen molar-refractivity contribution in [1.82, 2.24) is 0 Å². The molecule has 0 fully saturated rings. The number of benzene rings is 2. The van der Waals surface area contributed by atoms with Gasteiger partial charge in [0.15, 0.2) is 11.5 Å². The van der Waals surface area contributed by atoms with Gasteiger partial charge in [0.25, 0.3) is 0 Å². The van der Waals surface area contributed by atoms with Crippen LogP contribution in [-0.2, 0) is 0 Å². The maximum absolute atomic E-state index is 6.11. The summed E-state index contributed by atoms with van der Waals surface area (Å²) >= 11 is 12.0. The molecule has 1 atom stereocenters. The van der Waals surface area contributed by atoms with Crippen molar-refractivity contribution in [1.29, 1.82) is 0 Å². The van der Waals surface area contributed by atoms with Crippen LogP contribution in [0.5, 0.6) is 11.5 Å². The summed E-state index contributed by atoms with van der Waals surface area (Å²) in [5.74, 6) is 1.44. The van der Waals surface area contributed by atoms with E-state index in [1.165, 1.54) is 0 Å². The second-order valence-electron chi connectivity index (χ2n) is 4.58. The highest BCUT2D eigenvalue weighted by Crippen LogP contribution is 2.28. The minimum absolute atomic E-state index is 0.0481. The summed E-state index contributed by atoms with van der Waals surface area (Å²) in [7, 11) is 1.62. The number of hydrogen-bond acceptors (Lipinski definition) is 3. The number of rotatable bonds is 6. The number of nitrogens with one attached hydrogen (secondary N) is 1. The van der Waals surface area contributed by atoms with Gasteiger partial charge < -0.3 is 14.8 Å². The highest BCUT2D eigenvalue weighted by atomic mass is 35.5. The van der Waals surface area contributed by atoms with E-state index in [-0.39, 0.29) is 6.10 Å². The molecule has 0 saturated carbocycles. The summed E-state index contributed by atoms with van der Waals surface area (Å²) in [6.07, 6.45) is -0.0481. The van der Waals surface area contributed by atoms with Crippen LogP contribution in [0, 0.1) is 0 Å². The zero-order valence-corrected chi connectivity index (χ0v) is 13.4. The Bertz CT molecular complexity index is 605. The minimum atomic E-state index is -0.0481. The minimum Gasteiger partial charge on any atom is -0.493 e. The van der Waals surface area contributed by atoms with E-state index in [4.69, 9.17) is 32.7 Å². The fourth-order valence-electron chi connectivity index (χ4n) is 1.86. The molecule has 0 aromatic heterocycles. The van der Waals surface area contributed by atoms with Crippen LogP contribution in [0.3, 0.4) is 0 Å². The van der Waals surface area contributed by atoms with Crippen molar-refractivity contribution in [3.05, 3.63) is 52.5 Å². The maximum Gasteiger partial charge on any atom is 0.161 e. The van der Waals surface area contributed by atoms with Crippen LogP contribution in [0.15, 0.2) is 42.5 Å². The van der Waals surface area contributed by atoms with Crippen LogP contribution < -0.4 is 14.8 Å². The van der Waals surface area contributed by atoms with E-state index in [0.29, 0.717) is 22.3 Å². The zero-order valence-electron chi connectivity index (χ0n) is 11.9. The smallest absolute Gasteiger partial charge is 0.161 e. The van der Waals surface area contributed by atoms with Gasteiger partial charge in [-0.1, -0.05) is 35.3 Å². The molecule has 0 bridgehead atoms. The van der Waals surface area contributed by atoms with Crippen LogP contribution in [-0.4, -0.2) is 19.8 Å². The number of hydrogen-bond donors (Lipinski definition) is 1. The van der Waals surface area contributed by atoms with Gasteiger partial charge in [0.05, 0.1) is 24.4 Å². The Morgan fingerprint density at radius 1 is 1.10 bits per heavy atom. The molecule has 1 N–H and O–H groups in total. The topological polar surface area (TPSA) is 30.5 Å². The molecular weight excluding hydrogens is 309 g/mol. The van der Waals surface area contributed by atoms with E-state index in [1.54, 1.807) is 19.2 Å². The molecule has 1 unspecified atom stereocenters. The third kappa shape index (κ3) is 4.45. The maximum atomic E-state index is 6.11.